The van der Waals surface area contributed by atoms with Gasteiger partial charge >= 0.3 is 0 Å². The molecule has 0 aromatic heterocycles. The van der Waals surface area contributed by atoms with Crippen LogP contribution in [-0.4, -0.2) is 0 Å². The van der Waals surface area contributed by atoms with E-state index in [1.807, 2.05) is 0 Å². The molecule has 0 aromatic rings. The molecular formula is C15H30. The van der Waals surface area contributed by atoms with Gasteiger partial charge in [0.1, 0.15) is 0 Å². The Morgan fingerprint density at radius 2 is 1.40 bits per heavy atom. The van der Waals surface area contributed by atoms with Crippen LogP contribution >= 0.6 is 0 Å². The van der Waals surface area contributed by atoms with Gasteiger partial charge in [0, 0.05) is 0 Å². The maximum absolute atomic E-state index is 2.47. The molecule has 0 spiro atoms. The molecule has 0 amide bonds. The maximum atomic E-state index is 2.47. The van der Waals surface area contributed by atoms with Crippen molar-refractivity contribution >= 4 is 0 Å². The van der Waals surface area contributed by atoms with Crippen LogP contribution in [0.4, 0.5) is 0 Å². The highest BCUT2D eigenvalue weighted by Crippen LogP contribution is 2.40. The van der Waals surface area contributed by atoms with Crippen LogP contribution in [0.3, 0.4) is 0 Å². The second-order valence-electron chi connectivity index (χ2n) is 7.58. The largest absolute Gasteiger partial charge is 0.0602 e. The van der Waals surface area contributed by atoms with Crippen LogP contribution in [0.15, 0.2) is 0 Å². The van der Waals surface area contributed by atoms with Crippen LogP contribution < -0.4 is 0 Å². The van der Waals surface area contributed by atoms with E-state index in [2.05, 4.69) is 34.6 Å². The lowest BCUT2D eigenvalue weighted by atomic mass is 9.75. The van der Waals surface area contributed by atoms with Gasteiger partial charge in [0.05, 0.1) is 0 Å². The van der Waals surface area contributed by atoms with Gasteiger partial charge in [-0.05, 0) is 36.0 Å². The summed E-state index contributed by atoms with van der Waals surface area (Å²) >= 11 is 0. The van der Waals surface area contributed by atoms with Crippen molar-refractivity contribution in [3.63, 3.8) is 0 Å². The predicted octanol–water partition coefficient (Wildman–Crippen LogP) is 5.42. The number of hydrogen-bond acceptors (Lipinski definition) is 0. The highest BCUT2D eigenvalue weighted by atomic mass is 14.3. The molecule has 1 fully saturated rings. The van der Waals surface area contributed by atoms with Crippen LogP contribution in [0.2, 0.25) is 0 Å². The van der Waals surface area contributed by atoms with Gasteiger partial charge < -0.3 is 0 Å². The van der Waals surface area contributed by atoms with Crippen molar-refractivity contribution in [2.24, 2.45) is 16.7 Å². The molecule has 0 heteroatoms. The first-order valence-electron chi connectivity index (χ1n) is 6.79. The van der Waals surface area contributed by atoms with E-state index in [1.54, 1.807) is 0 Å². The summed E-state index contributed by atoms with van der Waals surface area (Å²) in [6.45, 7) is 12.0. The zero-order valence-corrected chi connectivity index (χ0v) is 11.5. The van der Waals surface area contributed by atoms with Crippen LogP contribution in [0, 0.1) is 16.7 Å². The molecule has 0 unspecified atom stereocenters. The summed E-state index contributed by atoms with van der Waals surface area (Å²) in [6.07, 6.45) is 10.2. The van der Waals surface area contributed by atoms with E-state index in [4.69, 9.17) is 0 Å². The molecular weight excluding hydrogens is 180 g/mol. The van der Waals surface area contributed by atoms with E-state index in [0.29, 0.717) is 10.8 Å². The zero-order valence-electron chi connectivity index (χ0n) is 11.5. The smallest absolute Gasteiger partial charge is 0.0351 e. The minimum atomic E-state index is 0.507. The molecule has 0 N–H and O–H groups in total. The second kappa shape index (κ2) is 4.89. The lowest BCUT2D eigenvalue weighted by Gasteiger charge is -2.31. The van der Waals surface area contributed by atoms with E-state index in [9.17, 15) is 0 Å². The molecule has 0 aliphatic heterocycles. The molecule has 1 rings (SSSR count). The Kier molecular flexibility index (Phi) is 4.26. The molecule has 1 aliphatic rings. The fourth-order valence-electron chi connectivity index (χ4n) is 2.81. The molecule has 1 aliphatic carbocycles. The van der Waals surface area contributed by atoms with E-state index in [-0.39, 0.29) is 0 Å². The summed E-state index contributed by atoms with van der Waals surface area (Å²) in [6, 6.07) is 0. The lowest BCUT2D eigenvalue weighted by Crippen LogP contribution is -2.19. The van der Waals surface area contributed by atoms with Gasteiger partial charge in [0.2, 0.25) is 0 Å². The quantitative estimate of drug-likeness (QED) is 0.581. The minimum absolute atomic E-state index is 0.507. The molecule has 0 aromatic carbocycles. The molecule has 0 radical (unpaired) electrons. The van der Waals surface area contributed by atoms with E-state index < -0.39 is 0 Å². The molecule has 0 nitrogen and oxygen atoms in total. The summed E-state index contributed by atoms with van der Waals surface area (Å²) in [7, 11) is 0. The van der Waals surface area contributed by atoms with Gasteiger partial charge in [0.25, 0.3) is 0 Å². The Morgan fingerprint density at radius 3 is 1.87 bits per heavy atom. The van der Waals surface area contributed by atoms with Gasteiger partial charge in [-0.3, -0.25) is 0 Å². The Bertz CT molecular complexity index is 177. The first kappa shape index (κ1) is 13.1. The maximum Gasteiger partial charge on any atom is -0.0351 e. The van der Waals surface area contributed by atoms with Crippen molar-refractivity contribution < 1.29 is 0 Å². The predicted molar refractivity (Wildman–Crippen MR) is 69.0 cm³/mol. The molecule has 90 valence electrons. The monoisotopic (exact) mass is 210 g/mol. The first-order chi connectivity index (χ1) is 6.79. The van der Waals surface area contributed by atoms with Crippen LogP contribution in [0.25, 0.3) is 0 Å². The van der Waals surface area contributed by atoms with Gasteiger partial charge in [-0.2, -0.15) is 0 Å². The number of hydrogen-bond donors (Lipinski definition) is 0. The van der Waals surface area contributed by atoms with E-state index in [0.717, 1.165) is 5.92 Å². The van der Waals surface area contributed by atoms with Crippen molar-refractivity contribution in [3.8, 4) is 0 Å². The van der Waals surface area contributed by atoms with Gasteiger partial charge in [0.15, 0.2) is 0 Å². The fraction of sp³-hybridized carbons (Fsp3) is 1.00. The van der Waals surface area contributed by atoms with Crippen molar-refractivity contribution in [3.05, 3.63) is 0 Å². The van der Waals surface area contributed by atoms with Crippen molar-refractivity contribution in [2.75, 3.05) is 0 Å². The summed E-state index contributed by atoms with van der Waals surface area (Å²) < 4.78 is 0. The minimum Gasteiger partial charge on any atom is -0.0602 e. The number of rotatable bonds is 4. The van der Waals surface area contributed by atoms with Crippen LogP contribution in [0.5, 0.6) is 0 Å². The van der Waals surface area contributed by atoms with Crippen molar-refractivity contribution in [1.29, 1.82) is 0 Å². The molecule has 1 saturated carbocycles. The summed E-state index contributed by atoms with van der Waals surface area (Å²) in [5.74, 6) is 1.04. The second-order valence-corrected chi connectivity index (χ2v) is 7.58. The Morgan fingerprint density at radius 1 is 0.867 bits per heavy atom. The highest BCUT2D eigenvalue weighted by Gasteiger charge is 2.26. The summed E-state index contributed by atoms with van der Waals surface area (Å²) in [5.41, 5.74) is 1.08. The normalized spacial score (nSPS) is 19.8. The molecule has 0 bridgehead atoms. The molecule has 15 heavy (non-hydrogen) atoms. The van der Waals surface area contributed by atoms with E-state index in [1.165, 1.54) is 44.9 Å². The van der Waals surface area contributed by atoms with E-state index >= 15 is 0 Å². The highest BCUT2D eigenvalue weighted by molar-refractivity contribution is 4.78. The Labute approximate surface area is 96.8 Å². The third-order valence-corrected chi connectivity index (χ3v) is 3.87. The Balaban J connectivity index is 2.30. The standard InChI is InChI=1S/C15H30/c1-14(2,3)10-11-15(4,5)12-13-8-6-7-9-13/h13H,6-12H2,1-5H3. The average molecular weight is 210 g/mol. The van der Waals surface area contributed by atoms with Crippen molar-refractivity contribution in [1.82, 2.24) is 0 Å². The summed E-state index contributed by atoms with van der Waals surface area (Å²) in [4.78, 5) is 0. The lowest BCUT2D eigenvalue weighted by molar-refractivity contribution is 0.208. The van der Waals surface area contributed by atoms with Gasteiger partial charge in [-0.15, -0.1) is 0 Å². The zero-order chi connectivity index (χ0) is 11.5. The van der Waals surface area contributed by atoms with Crippen LogP contribution in [0.1, 0.15) is 79.6 Å². The molecule has 0 saturated heterocycles. The van der Waals surface area contributed by atoms with Crippen LogP contribution in [-0.2, 0) is 0 Å². The molecule has 0 atom stereocenters. The van der Waals surface area contributed by atoms with Gasteiger partial charge in [-0.1, -0.05) is 60.3 Å². The first-order valence-corrected chi connectivity index (χ1v) is 6.79. The fourth-order valence-corrected chi connectivity index (χ4v) is 2.81. The molecule has 0 heterocycles. The van der Waals surface area contributed by atoms with Crippen molar-refractivity contribution in [2.45, 2.75) is 79.6 Å². The Hall–Kier alpha value is 0. The van der Waals surface area contributed by atoms with Gasteiger partial charge in [-0.25, -0.2) is 0 Å². The summed E-state index contributed by atoms with van der Waals surface area (Å²) in [5, 5.41) is 0. The topological polar surface area (TPSA) is 0 Å². The third-order valence-electron chi connectivity index (χ3n) is 3.87. The SMILES string of the molecule is CC(C)(C)CCC(C)(C)CC1CCCC1. The third kappa shape index (κ3) is 5.58. The average Bonchev–Trinajstić information content (AvgIpc) is 2.52.